The van der Waals surface area contributed by atoms with Gasteiger partial charge in [-0.05, 0) is 40.2 Å². The van der Waals surface area contributed by atoms with Crippen LogP contribution >= 0.6 is 15.9 Å². The standard InChI is InChI=1S/C11H10BrNO2/c12-9-4-1-5-13-11(9)10(14)7-8-3-2-6-15-8/h1-6,10,14H,7H2. The fourth-order valence-electron chi connectivity index (χ4n) is 1.36. The summed E-state index contributed by atoms with van der Waals surface area (Å²) < 4.78 is 5.97. The molecule has 0 bridgehead atoms. The first-order chi connectivity index (χ1) is 7.27. The Bertz CT molecular complexity index is 428. The topological polar surface area (TPSA) is 46.3 Å². The van der Waals surface area contributed by atoms with E-state index in [1.54, 1.807) is 18.5 Å². The molecule has 0 aliphatic rings. The molecule has 2 aromatic rings. The largest absolute Gasteiger partial charge is 0.469 e. The van der Waals surface area contributed by atoms with E-state index in [0.717, 1.165) is 10.2 Å². The van der Waals surface area contributed by atoms with Gasteiger partial charge in [0.05, 0.1) is 12.0 Å². The zero-order valence-corrected chi connectivity index (χ0v) is 9.52. The zero-order valence-electron chi connectivity index (χ0n) is 7.93. The molecule has 1 unspecified atom stereocenters. The second-order valence-electron chi connectivity index (χ2n) is 3.17. The Morgan fingerprint density at radius 2 is 2.27 bits per heavy atom. The monoisotopic (exact) mass is 267 g/mol. The Kier molecular flexibility index (Phi) is 3.18. The van der Waals surface area contributed by atoms with Gasteiger partial charge in [-0.15, -0.1) is 0 Å². The molecule has 0 fully saturated rings. The summed E-state index contributed by atoms with van der Waals surface area (Å²) in [5.41, 5.74) is 0.633. The average molecular weight is 268 g/mol. The SMILES string of the molecule is OC(Cc1ccco1)c1ncccc1Br. The molecule has 15 heavy (non-hydrogen) atoms. The lowest BCUT2D eigenvalue weighted by Crippen LogP contribution is -2.04. The first-order valence-corrected chi connectivity index (χ1v) is 5.37. The van der Waals surface area contributed by atoms with Crippen LogP contribution in [-0.2, 0) is 6.42 Å². The smallest absolute Gasteiger partial charge is 0.106 e. The number of rotatable bonds is 3. The highest BCUT2D eigenvalue weighted by Crippen LogP contribution is 2.23. The van der Waals surface area contributed by atoms with Gasteiger partial charge in [0.15, 0.2) is 0 Å². The zero-order chi connectivity index (χ0) is 10.7. The van der Waals surface area contributed by atoms with E-state index >= 15 is 0 Å². The second kappa shape index (κ2) is 4.59. The summed E-state index contributed by atoms with van der Waals surface area (Å²) in [6.07, 6.45) is 3.04. The number of aromatic nitrogens is 1. The maximum Gasteiger partial charge on any atom is 0.106 e. The molecule has 2 heterocycles. The van der Waals surface area contributed by atoms with Crippen LogP contribution in [0, 0.1) is 0 Å². The van der Waals surface area contributed by atoms with Crippen LogP contribution in [0.4, 0.5) is 0 Å². The third-order valence-electron chi connectivity index (χ3n) is 2.08. The molecule has 0 radical (unpaired) electrons. The molecular weight excluding hydrogens is 258 g/mol. The van der Waals surface area contributed by atoms with Gasteiger partial charge in [-0.2, -0.15) is 0 Å². The van der Waals surface area contributed by atoms with E-state index < -0.39 is 6.10 Å². The van der Waals surface area contributed by atoms with Gasteiger partial charge in [0.25, 0.3) is 0 Å². The predicted octanol–water partition coefficient (Wildman–Crippen LogP) is 2.71. The Morgan fingerprint density at radius 1 is 1.40 bits per heavy atom. The lowest BCUT2D eigenvalue weighted by molar-refractivity contribution is 0.165. The quantitative estimate of drug-likeness (QED) is 0.930. The van der Waals surface area contributed by atoms with Crippen molar-refractivity contribution >= 4 is 15.9 Å². The number of nitrogens with zero attached hydrogens (tertiary/aromatic N) is 1. The van der Waals surface area contributed by atoms with Crippen LogP contribution in [0.2, 0.25) is 0 Å². The molecule has 0 spiro atoms. The van der Waals surface area contributed by atoms with Crippen molar-refractivity contribution in [3.63, 3.8) is 0 Å². The molecule has 0 aliphatic carbocycles. The summed E-state index contributed by atoms with van der Waals surface area (Å²) in [7, 11) is 0. The van der Waals surface area contributed by atoms with Crippen LogP contribution in [0.25, 0.3) is 0 Å². The molecule has 3 nitrogen and oxygen atoms in total. The van der Waals surface area contributed by atoms with Crippen LogP contribution in [0.15, 0.2) is 45.6 Å². The van der Waals surface area contributed by atoms with Crippen molar-refractivity contribution in [2.75, 3.05) is 0 Å². The van der Waals surface area contributed by atoms with Crippen molar-refractivity contribution in [1.29, 1.82) is 0 Å². The Labute approximate surface area is 95.9 Å². The van der Waals surface area contributed by atoms with E-state index in [0.29, 0.717) is 12.1 Å². The van der Waals surface area contributed by atoms with E-state index in [1.807, 2.05) is 18.2 Å². The number of halogens is 1. The highest BCUT2D eigenvalue weighted by molar-refractivity contribution is 9.10. The normalized spacial score (nSPS) is 12.7. The van der Waals surface area contributed by atoms with Crippen molar-refractivity contribution in [3.8, 4) is 0 Å². The van der Waals surface area contributed by atoms with Crippen molar-refractivity contribution in [2.24, 2.45) is 0 Å². The van der Waals surface area contributed by atoms with Gasteiger partial charge >= 0.3 is 0 Å². The summed E-state index contributed by atoms with van der Waals surface area (Å²) in [5, 5.41) is 9.92. The summed E-state index contributed by atoms with van der Waals surface area (Å²) in [5.74, 6) is 0.750. The van der Waals surface area contributed by atoms with E-state index in [2.05, 4.69) is 20.9 Å². The summed E-state index contributed by atoms with van der Waals surface area (Å²) >= 11 is 3.35. The molecule has 2 aromatic heterocycles. The molecule has 0 saturated carbocycles. The summed E-state index contributed by atoms with van der Waals surface area (Å²) in [4.78, 5) is 4.12. The third-order valence-corrected chi connectivity index (χ3v) is 2.75. The first kappa shape index (κ1) is 10.4. The third kappa shape index (κ3) is 2.46. The fourth-order valence-corrected chi connectivity index (χ4v) is 1.88. The minimum atomic E-state index is -0.647. The van der Waals surface area contributed by atoms with E-state index in [4.69, 9.17) is 4.42 Å². The van der Waals surface area contributed by atoms with Crippen molar-refractivity contribution in [2.45, 2.75) is 12.5 Å². The molecule has 1 atom stereocenters. The number of hydrogen-bond donors (Lipinski definition) is 1. The number of hydrogen-bond acceptors (Lipinski definition) is 3. The molecule has 0 aliphatic heterocycles. The number of aliphatic hydroxyl groups is 1. The molecule has 4 heteroatoms. The first-order valence-electron chi connectivity index (χ1n) is 4.58. The number of pyridine rings is 1. The van der Waals surface area contributed by atoms with E-state index in [9.17, 15) is 5.11 Å². The highest BCUT2D eigenvalue weighted by Gasteiger charge is 2.14. The number of aliphatic hydroxyl groups excluding tert-OH is 1. The van der Waals surface area contributed by atoms with Crippen LogP contribution in [0.5, 0.6) is 0 Å². The number of furan rings is 1. The van der Waals surface area contributed by atoms with Gasteiger partial charge in [-0.3, -0.25) is 4.98 Å². The maximum atomic E-state index is 9.92. The molecule has 0 amide bonds. The summed E-state index contributed by atoms with van der Waals surface area (Å²) in [6.45, 7) is 0. The highest BCUT2D eigenvalue weighted by atomic mass is 79.9. The van der Waals surface area contributed by atoms with Gasteiger partial charge in [-0.25, -0.2) is 0 Å². The molecule has 78 valence electrons. The summed E-state index contributed by atoms with van der Waals surface area (Å²) in [6, 6.07) is 7.30. The Balaban J connectivity index is 2.15. The average Bonchev–Trinajstić information content (AvgIpc) is 2.71. The molecule has 0 saturated heterocycles. The van der Waals surface area contributed by atoms with Gasteiger partial charge < -0.3 is 9.52 Å². The minimum absolute atomic E-state index is 0.433. The van der Waals surface area contributed by atoms with Gasteiger partial charge in [0.2, 0.25) is 0 Å². The van der Waals surface area contributed by atoms with E-state index in [1.165, 1.54) is 0 Å². The van der Waals surface area contributed by atoms with Crippen LogP contribution in [0.3, 0.4) is 0 Å². The molecular formula is C11H10BrNO2. The van der Waals surface area contributed by atoms with Crippen molar-refractivity contribution in [3.05, 3.63) is 52.7 Å². The van der Waals surface area contributed by atoms with Crippen molar-refractivity contribution in [1.82, 2.24) is 4.98 Å². The Hall–Kier alpha value is -1.13. The van der Waals surface area contributed by atoms with Crippen LogP contribution < -0.4 is 0 Å². The minimum Gasteiger partial charge on any atom is -0.469 e. The maximum absolute atomic E-state index is 9.92. The fraction of sp³-hybridized carbons (Fsp3) is 0.182. The van der Waals surface area contributed by atoms with E-state index in [-0.39, 0.29) is 0 Å². The molecule has 2 rings (SSSR count). The van der Waals surface area contributed by atoms with Crippen LogP contribution in [0.1, 0.15) is 17.6 Å². The lowest BCUT2D eigenvalue weighted by Gasteiger charge is -2.09. The van der Waals surface area contributed by atoms with Crippen LogP contribution in [-0.4, -0.2) is 10.1 Å². The van der Waals surface area contributed by atoms with Gasteiger partial charge in [0, 0.05) is 17.1 Å². The molecule has 0 aromatic carbocycles. The predicted molar refractivity (Wildman–Crippen MR) is 59.3 cm³/mol. The molecule has 1 N–H and O–H groups in total. The van der Waals surface area contributed by atoms with Gasteiger partial charge in [0.1, 0.15) is 11.9 Å². The van der Waals surface area contributed by atoms with Crippen molar-refractivity contribution < 1.29 is 9.52 Å². The lowest BCUT2D eigenvalue weighted by atomic mass is 10.1. The van der Waals surface area contributed by atoms with Gasteiger partial charge in [-0.1, -0.05) is 0 Å². The second-order valence-corrected chi connectivity index (χ2v) is 4.02. The Morgan fingerprint density at radius 3 is 2.93 bits per heavy atom.